The number of nitrogen functional groups attached to an aromatic ring is 1. The molecule has 5 N–H and O–H groups in total. The van der Waals surface area contributed by atoms with Crippen LogP contribution in [0.2, 0.25) is 0 Å². The molecule has 1 aliphatic carbocycles. The summed E-state index contributed by atoms with van der Waals surface area (Å²) in [6.07, 6.45) is 9.61. The van der Waals surface area contributed by atoms with Gasteiger partial charge in [0.05, 0.1) is 24.0 Å². The minimum absolute atomic E-state index is 0.0781. The van der Waals surface area contributed by atoms with E-state index in [1.165, 1.54) is 25.7 Å². The van der Waals surface area contributed by atoms with E-state index in [0.717, 1.165) is 11.3 Å². The molecule has 0 aliphatic heterocycles. The zero-order chi connectivity index (χ0) is 14.8. The van der Waals surface area contributed by atoms with Gasteiger partial charge in [-0.2, -0.15) is 10.2 Å². The van der Waals surface area contributed by atoms with Gasteiger partial charge < -0.3 is 5.73 Å². The summed E-state index contributed by atoms with van der Waals surface area (Å²) in [5, 5.41) is 8.86. The van der Waals surface area contributed by atoms with Crippen LogP contribution in [0.25, 0.3) is 0 Å². The van der Waals surface area contributed by atoms with Crippen LogP contribution in [0, 0.1) is 0 Å². The van der Waals surface area contributed by atoms with Crippen molar-refractivity contribution in [2.45, 2.75) is 44.2 Å². The molecule has 1 unspecified atom stereocenters. The Morgan fingerprint density at radius 1 is 1.43 bits per heavy atom. The summed E-state index contributed by atoms with van der Waals surface area (Å²) in [5.74, 6) is 6.32. The third kappa shape index (κ3) is 2.79. The molecule has 2 aromatic rings. The number of nitrogens with zero attached hydrogens (tertiary/aromatic N) is 4. The summed E-state index contributed by atoms with van der Waals surface area (Å²) in [7, 11) is 1.82. The first-order valence-corrected chi connectivity index (χ1v) is 7.46. The Hall–Kier alpha value is -1.86. The minimum atomic E-state index is -0.0781. The average Bonchev–Trinajstić information content (AvgIpc) is 3.20. The number of anilines is 1. The highest BCUT2D eigenvalue weighted by Gasteiger charge is 2.20. The number of nitrogens with one attached hydrogen (secondary N) is 1. The highest BCUT2D eigenvalue weighted by atomic mass is 15.3. The average molecular weight is 289 g/mol. The van der Waals surface area contributed by atoms with Crippen LogP contribution in [-0.2, 0) is 13.5 Å². The van der Waals surface area contributed by atoms with Gasteiger partial charge in [-0.25, -0.2) is 0 Å². The molecule has 1 fully saturated rings. The van der Waals surface area contributed by atoms with Crippen LogP contribution in [0.4, 0.5) is 5.82 Å². The van der Waals surface area contributed by atoms with Crippen molar-refractivity contribution in [1.82, 2.24) is 25.0 Å². The summed E-state index contributed by atoms with van der Waals surface area (Å²) in [4.78, 5) is 0. The molecule has 7 heteroatoms. The van der Waals surface area contributed by atoms with E-state index in [1.807, 2.05) is 7.05 Å². The molecule has 2 heterocycles. The first-order valence-electron chi connectivity index (χ1n) is 7.46. The van der Waals surface area contributed by atoms with E-state index in [0.29, 0.717) is 18.3 Å². The van der Waals surface area contributed by atoms with Gasteiger partial charge in [-0.05, 0) is 18.9 Å². The lowest BCUT2D eigenvalue weighted by atomic mass is 10.1. The van der Waals surface area contributed by atoms with E-state index in [1.54, 1.807) is 10.9 Å². The van der Waals surface area contributed by atoms with Crippen LogP contribution in [0.3, 0.4) is 0 Å². The normalized spacial score (nSPS) is 17.4. The molecule has 1 aliphatic rings. The summed E-state index contributed by atoms with van der Waals surface area (Å²) in [6, 6.07) is 2.55. The first-order chi connectivity index (χ1) is 10.2. The van der Waals surface area contributed by atoms with Crippen LogP contribution >= 0.6 is 0 Å². The van der Waals surface area contributed by atoms with Crippen LogP contribution in [-0.4, -0.2) is 19.6 Å². The third-order valence-electron chi connectivity index (χ3n) is 4.37. The zero-order valence-electron chi connectivity index (χ0n) is 12.4. The Bertz CT molecular complexity index is 594. The lowest BCUT2D eigenvalue weighted by Crippen LogP contribution is -2.30. The van der Waals surface area contributed by atoms with E-state index in [-0.39, 0.29) is 6.04 Å². The Morgan fingerprint density at radius 2 is 2.19 bits per heavy atom. The van der Waals surface area contributed by atoms with Crippen molar-refractivity contribution < 1.29 is 0 Å². The highest BCUT2D eigenvalue weighted by molar-refractivity contribution is 5.41. The van der Waals surface area contributed by atoms with Crippen molar-refractivity contribution in [2.75, 3.05) is 5.73 Å². The Kier molecular flexibility index (Phi) is 3.94. The maximum atomic E-state index is 6.02. The summed E-state index contributed by atoms with van der Waals surface area (Å²) in [5.41, 5.74) is 10.8. The van der Waals surface area contributed by atoms with E-state index in [2.05, 4.69) is 27.5 Å². The van der Waals surface area contributed by atoms with Crippen molar-refractivity contribution in [3.05, 3.63) is 29.7 Å². The Labute approximate surface area is 124 Å². The van der Waals surface area contributed by atoms with Gasteiger partial charge in [0.2, 0.25) is 0 Å². The summed E-state index contributed by atoms with van der Waals surface area (Å²) < 4.78 is 3.75. The first kappa shape index (κ1) is 14.1. The number of nitrogens with two attached hydrogens (primary N) is 2. The second kappa shape index (κ2) is 5.87. The lowest BCUT2D eigenvalue weighted by Gasteiger charge is -2.14. The molecule has 0 saturated heterocycles. The molecule has 7 nitrogen and oxygen atoms in total. The van der Waals surface area contributed by atoms with Crippen molar-refractivity contribution in [2.24, 2.45) is 12.9 Å². The predicted octanol–water partition coefficient (Wildman–Crippen LogP) is 1.06. The molecular weight excluding hydrogens is 266 g/mol. The van der Waals surface area contributed by atoms with E-state index in [9.17, 15) is 0 Å². The quantitative estimate of drug-likeness (QED) is 0.564. The number of hydrazine groups is 1. The molecule has 0 radical (unpaired) electrons. The van der Waals surface area contributed by atoms with Crippen molar-refractivity contribution in [3.8, 4) is 0 Å². The predicted molar refractivity (Wildman–Crippen MR) is 81.1 cm³/mol. The molecule has 21 heavy (non-hydrogen) atoms. The van der Waals surface area contributed by atoms with Gasteiger partial charge in [-0.15, -0.1) is 0 Å². The van der Waals surface area contributed by atoms with Crippen LogP contribution < -0.4 is 17.0 Å². The van der Waals surface area contributed by atoms with Gasteiger partial charge in [-0.1, -0.05) is 12.8 Å². The number of rotatable bonds is 5. The van der Waals surface area contributed by atoms with Crippen LogP contribution in [0.1, 0.15) is 49.0 Å². The second-order valence-electron chi connectivity index (χ2n) is 5.76. The van der Waals surface area contributed by atoms with Gasteiger partial charge in [0.25, 0.3) is 0 Å². The molecule has 1 atom stereocenters. The molecule has 0 amide bonds. The van der Waals surface area contributed by atoms with Crippen LogP contribution in [0.15, 0.2) is 18.5 Å². The number of aromatic nitrogens is 4. The van der Waals surface area contributed by atoms with Crippen molar-refractivity contribution in [1.29, 1.82) is 0 Å². The number of aryl methyl sites for hydroxylation is 1. The minimum Gasteiger partial charge on any atom is -0.384 e. The van der Waals surface area contributed by atoms with Crippen LogP contribution in [0.5, 0.6) is 0 Å². The monoisotopic (exact) mass is 289 g/mol. The van der Waals surface area contributed by atoms with Gasteiger partial charge in [-0.3, -0.25) is 20.6 Å². The van der Waals surface area contributed by atoms with Crippen molar-refractivity contribution >= 4 is 5.82 Å². The fourth-order valence-corrected chi connectivity index (χ4v) is 3.06. The molecule has 114 valence electrons. The molecule has 0 aromatic carbocycles. The molecule has 1 saturated carbocycles. The number of hydrogen-bond donors (Lipinski definition) is 3. The molecule has 3 rings (SSSR count). The maximum absolute atomic E-state index is 6.02. The standard InChI is InChI=1S/C14H23N7/c1-20-14(15)12(9-17-20)13(18-16)8-10-6-7-21(19-10)11-4-2-3-5-11/h6-7,9,11,13,18H,2-5,8,15-16H2,1H3. The van der Waals surface area contributed by atoms with E-state index >= 15 is 0 Å². The molecule has 0 spiro atoms. The lowest BCUT2D eigenvalue weighted by molar-refractivity contribution is 0.457. The fourth-order valence-electron chi connectivity index (χ4n) is 3.06. The Balaban J connectivity index is 1.73. The van der Waals surface area contributed by atoms with Gasteiger partial charge >= 0.3 is 0 Å². The fraction of sp³-hybridized carbons (Fsp3) is 0.571. The summed E-state index contributed by atoms with van der Waals surface area (Å²) >= 11 is 0. The highest BCUT2D eigenvalue weighted by Crippen LogP contribution is 2.29. The second-order valence-corrected chi connectivity index (χ2v) is 5.76. The molecule has 0 bridgehead atoms. The van der Waals surface area contributed by atoms with E-state index < -0.39 is 0 Å². The SMILES string of the molecule is Cn1ncc(C(Cc2ccn(C3CCCC3)n2)NN)c1N. The molecular formula is C14H23N7. The zero-order valence-corrected chi connectivity index (χ0v) is 12.4. The van der Waals surface area contributed by atoms with Crippen molar-refractivity contribution in [3.63, 3.8) is 0 Å². The van der Waals surface area contributed by atoms with E-state index in [4.69, 9.17) is 16.7 Å². The van der Waals surface area contributed by atoms with Gasteiger partial charge in [0.1, 0.15) is 5.82 Å². The topological polar surface area (TPSA) is 99.7 Å². The molecule has 2 aromatic heterocycles. The maximum Gasteiger partial charge on any atom is 0.126 e. The number of hydrogen-bond acceptors (Lipinski definition) is 5. The largest absolute Gasteiger partial charge is 0.384 e. The third-order valence-corrected chi connectivity index (χ3v) is 4.37. The Morgan fingerprint density at radius 3 is 2.81 bits per heavy atom. The smallest absolute Gasteiger partial charge is 0.126 e. The summed E-state index contributed by atoms with van der Waals surface area (Å²) in [6.45, 7) is 0. The van der Waals surface area contributed by atoms with Gasteiger partial charge in [0, 0.05) is 25.2 Å². The van der Waals surface area contributed by atoms with Gasteiger partial charge in [0.15, 0.2) is 0 Å².